The molecular formula is C16H32N4O3. The predicted octanol–water partition coefficient (Wildman–Crippen LogP) is 0.558. The van der Waals surface area contributed by atoms with Gasteiger partial charge in [-0.3, -0.25) is 9.79 Å². The Bertz CT molecular complexity index is 366. The number of amides is 1. The van der Waals surface area contributed by atoms with E-state index in [1.165, 1.54) is 0 Å². The predicted molar refractivity (Wildman–Crippen MR) is 91.7 cm³/mol. The summed E-state index contributed by atoms with van der Waals surface area (Å²) in [6.45, 7) is 3.98. The van der Waals surface area contributed by atoms with E-state index in [2.05, 4.69) is 15.2 Å². The van der Waals surface area contributed by atoms with Crippen molar-refractivity contribution in [2.24, 2.45) is 4.99 Å². The standard InChI is InChI=1S/C16H32N4O3/c1-17-16(18-9-6-15(21)19(2)3)20-10-7-14(8-11-20)23-13-5-12-22-4/h14H,5-13H2,1-4H3,(H,17,18). The second-order valence-electron chi connectivity index (χ2n) is 5.92. The molecule has 1 aliphatic heterocycles. The van der Waals surface area contributed by atoms with Crippen molar-refractivity contribution in [3.8, 4) is 0 Å². The highest BCUT2D eigenvalue weighted by Crippen LogP contribution is 2.14. The number of methoxy groups -OCH3 is 1. The Morgan fingerprint density at radius 2 is 2.00 bits per heavy atom. The fourth-order valence-corrected chi connectivity index (χ4v) is 2.52. The zero-order valence-corrected chi connectivity index (χ0v) is 15.0. The molecule has 1 N–H and O–H groups in total. The number of guanidine groups is 1. The van der Waals surface area contributed by atoms with Gasteiger partial charge in [0.05, 0.1) is 6.10 Å². The molecule has 0 spiro atoms. The van der Waals surface area contributed by atoms with Crippen molar-refractivity contribution in [3.05, 3.63) is 0 Å². The summed E-state index contributed by atoms with van der Waals surface area (Å²) in [7, 11) is 7.04. The highest BCUT2D eigenvalue weighted by molar-refractivity contribution is 5.81. The first kappa shape index (κ1) is 19.7. The van der Waals surface area contributed by atoms with Crippen LogP contribution in [0.1, 0.15) is 25.7 Å². The Balaban J connectivity index is 2.24. The zero-order chi connectivity index (χ0) is 17.1. The molecule has 1 saturated heterocycles. The molecule has 23 heavy (non-hydrogen) atoms. The van der Waals surface area contributed by atoms with E-state index in [4.69, 9.17) is 9.47 Å². The largest absolute Gasteiger partial charge is 0.385 e. The maximum absolute atomic E-state index is 11.6. The number of aliphatic imine (C=N–C) groups is 1. The first-order valence-corrected chi connectivity index (χ1v) is 8.34. The molecule has 7 nitrogen and oxygen atoms in total. The van der Waals surface area contributed by atoms with Gasteiger partial charge in [0.25, 0.3) is 0 Å². The zero-order valence-electron chi connectivity index (χ0n) is 15.0. The van der Waals surface area contributed by atoms with E-state index in [0.29, 0.717) is 19.1 Å². The average Bonchev–Trinajstić information content (AvgIpc) is 2.56. The minimum Gasteiger partial charge on any atom is -0.385 e. The highest BCUT2D eigenvalue weighted by atomic mass is 16.5. The van der Waals surface area contributed by atoms with Gasteiger partial charge in [-0.05, 0) is 19.3 Å². The second-order valence-corrected chi connectivity index (χ2v) is 5.92. The van der Waals surface area contributed by atoms with Crippen LogP contribution in [0.5, 0.6) is 0 Å². The molecule has 1 heterocycles. The summed E-state index contributed by atoms with van der Waals surface area (Å²) in [5.41, 5.74) is 0. The monoisotopic (exact) mass is 328 g/mol. The fraction of sp³-hybridized carbons (Fsp3) is 0.875. The number of nitrogens with one attached hydrogen (secondary N) is 1. The van der Waals surface area contributed by atoms with Gasteiger partial charge in [0, 0.05) is 67.5 Å². The maximum atomic E-state index is 11.6. The molecule has 0 unspecified atom stereocenters. The van der Waals surface area contributed by atoms with Gasteiger partial charge in [-0.15, -0.1) is 0 Å². The third kappa shape index (κ3) is 7.65. The summed E-state index contributed by atoms with van der Waals surface area (Å²) < 4.78 is 10.9. The molecule has 1 amide bonds. The summed E-state index contributed by atoms with van der Waals surface area (Å²) in [5, 5.41) is 3.27. The lowest BCUT2D eigenvalue weighted by Gasteiger charge is -2.34. The number of piperidine rings is 1. The van der Waals surface area contributed by atoms with Gasteiger partial charge in [-0.1, -0.05) is 0 Å². The van der Waals surface area contributed by atoms with E-state index in [-0.39, 0.29) is 5.91 Å². The molecule has 0 bridgehead atoms. The molecule has 0 radical (unpaired) electrons. The first-order chi connectivity index (χ1) is 11.1. The number of hydrogen-bond donors (Lipinski definition) is 1. The number of likely N-dealkylation sites (tertiary alicyclic amines) is 1. The van der Waals surface area contributed by atoms with Gasteiger partial charge in [-0.25, -0.2) is 0 Å². The summed E-state index contributed by atoms with van der Waals surface area (Å²) >= 11 is 0. The third-order valence-electron chi connectivity index (χ3n) is 3.92. The Morgan fingerprint density at radius 1 is 1.30 bits per heavy atom. The molecule has 134 valence electrons. The fourth-order valence-electron chi connectivity index (χ4n) is 2.52. The Kier molecular flexibility index (Phi) is 9.63. The van der Waals surface area contributed by atoms with Crippen molar-refractivity contribution in [1.29, 1.82) is 0 Å². The lowest BCUT2D eigenvalue weighted by Crippen LogP contribution is -2.47. The van der Waals surface area contributed by atoms with Crippen LogP contribution in [0.4, 0.5) is 0 Å². The van der Waals surface area contributed by atoms with Gasteiger partial charge < -0.3 is 24.6 Å². The Hall–Kier alpha value is -1.34. The molecule has 1 fully saturated rings. The van der Waals surface area contributed by atoms with E-state index in [9.17, 15) is 4.79 Å². The SMILES string of the molecule is CN=C(NCCC(=O)N(C)C)N1CCC(OCCCOC)CC1. The molecule has 0 aromatic carbocycles. The molecular weight excluding hydrogens is 296 g/mol. The van der Waals surface area contributed by atoms with Crippen molar-refractivity contribution in [2.75, 3.05) is 61.1 Å². The van der Waals surface area contributed by atoms with Crippen LogP contribution in [0.3, 0.4) is 0 Å². The van der Waals surface area contributed by atoms with E-state index >= 15 is 0 Å². The van der Waals surface area contributed by atoms with E-state index < -0.39 is 0 Å². The first-order valence-electron chi connectivity index (χ1n) is 8.34. The quantitative estimate of drug-likeness (QED) is 0.401. The number of ether oxygens (including phenoxy) is 2. The van der Waals surface area contributed by atoms with Crippen LogP contribution >= 0.6 is 0 Å². The van der Waals surface area contributed by atoms with Gasteiger partial charge in [0.1, 0.15) is 0 Å². The molecule has 0 aromatic rings. The second kappa shape index (κ2) is 11.2. The Morgan fingerprint density at radius 3 is 2.57 bits per heavy atom. The average molecular weight is 328 g/mol. The molecule has 0 aliphatic carbocycles. The van der Waals surface area contributed by atoms with Crippen molar-refractivity contribution in [2.45, 2.75) is 31.8 Å². The maximum Gasteiger partial charge on any atom is 0.223 e. The molecule has 0 saturated carbocycles. The lowest BCUT2D eigenvalue weighted by molar-refractivity contribution is -0.128. The van der Waals surface area contributed by atoms with Gasteiger partial charge in [-0.2, -0.15) is 0 Å². The normalized spacial score (nSPS) is 16.5. The summed E-state index contributed by atoms with van der Waals surface area (Å²) in [6.07, 6.45) is 3.76. The molecule has 1 rings (SSSR count). The molecule has 0 atom stereocenters. The highest BCUT2D eigenvalue weighted by Gasteiger charge is 2.21. The van der Waals surface area contributed by atoms with Crippen molar-refractivity contribution >= 4 is 11.9 Å². The minimum atomic E-state index is 0.121. The lowest BCUT2D eigenvalue weighted by atomic mass is 10.1. The van der Waals surface area contributed by atoms with Crippen molar-refractivity contribution in [1.82, 2.24) is 15.1 Å². The number of hydrogen-bond acceptors (Lipinski definition) is 4. The van der Waals surface area contributed by atoms with Gasteiger partial charge >= 0.3 is 0 Å². The van der Waals surface area contributed by atoms with Crippen LogP contribution in [0, 0.1) is 0 Å². The Labute approximate surface area is 140 Å². The smallest absolute Gasteiger partial charge is 0.223 e. The summed E-state index contributed by atoms with van der Waals surface area (Å²) in [5.74, 6) is 0.991. The third-order valence-corrected chi connectivity index (χ3v) is 3.92. The molecule has 1 aliphatic rings. The van der Waals surface area contributed by atoms with Crippen LogP contribution in [-0.4, -0.2) is 88.9 Å². The minimum absolute atomic E-state index is 0.121. The van der Waals surface area contributed by atoms with Crippen LogP contribution in [0.15, 0.2) is 4.99 Å². The van der Waals surface area contributed by atoms with Crippen LogP contribution < -0.4 is 5.32 Å². The topological polar surface area (TPSA) is 66.4 Å². The van der Waals surface area contributed by atoms with Gasteiger partial charge in [0.15, 0.2) is 5.96 Å². The number of rotatable bonds is 8. The summed E-state index contributed by atoms with van der Waals surface area (Å²) in [4.78, 5) is 19.7. The van der Waals surface area contributed by atoms with E-state index in [1.54, 1.807) is 33.2 Å². The summed E-state index contributed by atoms with van der Waals surface area (Å²) in [6, 6.07) is 0. The number of carbonyl (C=O) groups excluding carboxylic acids is 1. The molecule has 0 aromatic heterocycles. The van der Waals surface area contributed by atoms with Crippen LogP contribution in [0.25, 0.3) is 0 Å². The van der Waals surface area contributed by atoms with Crippen molar-refractivity contribution in [3.63, 3.8) is 0 Å². The van der Waals surface area contributed by atoms with Gasteiger partial charge in [0.2, 0.25) is 5.91 Å². The molecule has 7 heteroatoms. The number of carbonyl (C=O) groups is 1. The van der Waals surface area contributed by atoms with E-state index in [0.717, 1.165) is 51.5 Å². The number of nitrogens with zero attached hydrogens (tertiary/aromatic N) is 3. The van der Waals surface area contributed by atoms with E-state index in [1.807, 2.05) is 0 Å². The van der Waals surface area contributed by atoms with Crippen LogP contribution in [-0.2, 0) is 14.3 Å². The van der Waals surface area contributed by atoms with Crippen LogP contribution in [0.2, 0.25) is 0 Å². The van der Waals surface area contributed by atoms with Crippen molar-refractivity contribution < 1.29 is 14.3 Å².